The van der Waals surface area contributed by atoms with Crippen molar-refractivity contribution in [3.63, 3.8) is 0 Å². The van der Waals surface area contributed by atoms with Gasteiger partial charge in [0.05, 0.1) is 0 Å². The Balaban J connectivity index is 1.33. The molecule has 1 aliphatic heterocycles. The lowest BCUT2D eigenvalue weighted by Gasteiger charge is -2.34. The summed E-state index contributed by atoms with van der Waals surface area (Å²) in [5.74, 6) is 2.46. The van der Waals surface area contributed by atoms with Crippen LogP contribution in [0.15, 0.2) is 103 Å². The minimum atomic E-state index is -0.228. The van der Waals surface area contributed by atoms with E-state index in [0.29, 0.717) is 19.8 Å². The number of fused-ring (bicyclic) bond motifs is 1. The third-order valence-corrected chi connectivity index (χ3v) is 6.27. The lowest BCUT2D eigenvalue weighted by molar-refractivity contribution is -0.0374. The summed E-state index contributed by atoms with van der Waals surface area (Å²) in [6.45, 7) is 3.87. The number of hydrogen-bond acceptors (Lipinski definition) is 4. The van der Waals surface area contributed by atoms with Crippen molar-refractivity contribution in [1.82, 2.24) is 0 Å². The smallest absolute Gasteiger partial charge is 0.150 e. The van der Waals surface area contributed by atoms with E-state index < -0.39 is 0 Å². The molecule has 0 unspecified atom stereocenters. The van der Waals surface area contributed by atoms with Gasteiger partial charge in [0.2, 0.25) is 0 Å². The van der Waals surface area contributed by atoms with Crippen molar-refractivity contribution in [2.75, 3.05) is 6.61 Å². The molecule has 0 saturated carbocycles. The van der Waals surface area contributed by atoms with Crippen molar-refractivity contribution < 1.29 is 18.9 Å². The molecular weight excluding hydrogens is 448 g/mol. The maximum absolute atomic E-state index is 6.58. The summed E-state index contributed by atoms with van der Waals surface area (Å²) in [5.41, 5.74) is 4.45. The van der Waals surface area contributed by atoms with Crippen LogP contribution >= 0.6 is 0 Å². The molecule has 184 valence electrons. The number of rotatable bonds is 10. The van der Waals surface area contributed by atoms with E-state index in [1.165, 1.54) is 0 Å². The average Bonchev–Trinajstić information content (AvgIpc) is 2.94. The van der Waals surface area contributed by atoms with Crippen molar-refractivity contribution in [1.29, 1.82) is 0 Å². The molecule has 36 heavy (non-hydrogen) atoms. The second kappa shape index (κ2) is 11.8. The van der Waals surface area contributed by atoms with E-state index >= 15 is 0 Å². The van der Waals surface area contributed by atoms with Crippen molar-refractivity contribution in [2.24, 2.45) is 0 Å². The van der Waals surface area contributed by atoms with Crippen LogP contribution in [0.2, 0.25) is 0 Å². The Morgan fingerprint density at radius 1 is 0.722 bits per heavy atom. The van der Waals surface area contributed by atoms with Gasteiger partial charge in [-0.1, -0.05) is 85.8 Å². The highest BCUT2D eigenvalue weighted by atomic mass is 16.5. The van der Waals surface area contributed by atoms with Crippen LogP contribution in [0, 0.1) is 0 Å². The van der Waals surface area contributed by atoms with E-state index in [1.807, 2.05) is 60.7 Å². The first-order chi connectivity index (χ1) is 17.8. The molecule has 1 heterocycles. The standard InChI is InChI=1S/C32H32O4/c1-2-18-33-31-20-26-16-17-29(35-23-25-12-7-4-8-13-25)21-30(26)36-32(31)27-14-9-15-28(19-27)34-22-24-10-5-3-6-11-24/h3-17,19,21,31-32H,2,18,20,22-23H2,1H3/t31-,32-/m1/s1. The second-order valence-electron chi connectivity index (χ2n) is 9.04. The quantitative estimate of drug-likeness (QED) is 0.238. The average molecular weight is 481 g/mol. The fourth-order valence-electron chi connectivity index (χ4n) is 4.40. The van der Waals surface area contributed by atoms with Gasteiger partial charge >= 0.3 is 0 Å². The van der Waals surface area contributed by atoms with Crippen LogP contribution in [0.5, 0.6) is 17.2 Å². The number of ether oxygens (including phenoxy) is 4. The third kappa shape index (κ3) is 6.07. The minimum Gasteiger partial charge on any atom is -0.489 e. The molecule has 2 atom stereocenters. The molecule has 4 aromatic rings. The first-order valence-corrected chi connectivity index (χ1v) is 12.6. The molecular formula is C32H32O4. The molecule has 0 radical (unpaired) electrons. The summed E-state index contributed by atoms with van der Waals surface area (Å²) in [5, 5.41) is 0. The van der Waals surface area contributed by atoms with E-state index in [1.54, 1.807) is 0 Å². The zero-order valence-corrected chi connectivity index (χ0v) is 20.6. The molecule has 0 fully saturated rings. The Hall–Kier alpha value is -3.76. The van der Waals surface area contributed by atoms with Crippen LogP contribution in [-0.4, -0.2) is 12.7 Å². The Morgan fingerprint density at radius 2 is 1.39 bits per heavy atom. The highest BCUT2D eigenvalue weighted by Crippen LogP contribution is 2.39. The molecule has 0 bridgehead atoms. The lowest BCUT2D eigenvalue weighted by Crippen LogP contribution is -2.33. The first-order valence-electron chi connectivity index (χ1n) is 12.6. The Morgan fingerprint density at radius 3 is 2.06 bits per heavy atom. The fourth-order valence-corrected chi connectivity index (χ4v) is 4.40. The number of benzene rings is 4. The van der Waals surface area contributed by atoms with Gasteiger partial charge in [-0.15, -0.1) is 0 Å². The van der Waals surface area contributed by atoms with Crippen LogP contribution in [0.4, 0.5) is 0 Å². The van der Waals surface area contributed by atoms with E-state index in [0.717, 1.165) is 52.3 Å². The van der Waals surface area contributed by atoms with Crippen molar-refractivity contribution in [3.8, 4) is 17.2 Å². The highest BCUT2D eigenvalue weighted by Gasteiger charge is 2.32. The van der Waals surface area contributed by atoms with Gasteiger partial charge < -0.3 is 18.9 Å². The summed E-state index contributed by atoms with van der Waals surface area (Å²) < 4.78 is 25.0. The van der Waals surface area contributed by atoms with E-state index in [4.69, 9.17) is 18.9 Å². The predicted molar refractivity (Wildman–Crippen MR) is 142 cm³/mol. The maximum atomic E-state index is 6.58. The molecule has 5 rings (SSSR count). The predicted octanol–water partition coefficient (Wildman–Crippen LogP) is 7.32. The molecule has 1 aliphatic rings. The van der Waals surface area contributed by atoms with Gasteiger partial charge in [0.15, 0.2) is 6.10 Å². The van der Waals surface area contributed by atoms with Crippen LogP contribution in [0.1, 0.15) is 41.7 Å². The topological polar surface area (TPSA) is 36.9 Å². The summed E-state index contributed by atoms with van der Waals surface area (Å²) in [4.78, 5) is 0. The van der Waals surface area contributed by atoms with Gasteiger partial charge in [0.25, 0.3) is 0 Å². The molecule has 0 amide bonds. The van der Waals surface area contributed by atoms with Crippen LogP contribution in [0.25, 0.3) is 0 Å². The van der Waals surface area contributed by atoms with Gasteiger partial charge in [-0.3, -0.25) is 0 Å². The Labute approximate surface area is 213 Å². The monoisotopic (exact) mass is 480 g/mol. The van der Waals surface area contributed by atoms with Crippen LogP contribution in [0.3, 0.4) is 0 Å². The molecule has 0 aliphatic carbocycles. The SMILES string of the molecule is CCCO[C@@H]1Cc2ccc(OCc3ccccc3)cc2O[C@@H]1c1cccc(OCc2ccccc2)c1. The summed E-state index contributed by atoms with van der Waals surface area (Å²) in [6, 6.07) is 34.6. The number of hydrogen-bond donors (Lipinski definition) is 0. The molecule has 4 aromatic carbocycles. The fraction of sp³-hybridized carbons (Fsp3) is 0.250. The van der Waals surface area contributed by atoms with E-state index in [-0.39, 0.29) is 12.2 Å². The zero-order chi connectivity index (χ0) is 24.6. The van der Waals surface area contributed by atoms with E-state index in [2.05, 4.69) is 49.4 Å². The second-order valence-corrected chi connectivity index (χ2v) is 9.04. The van der Waals surface area contributed by atoms with Crippen molar-refractivity contribution in [3.05, 3.63) is 125 Å². The Bertz CT molecular complexity index is 1240. The van der Waals surface area contributed by atoms with Crippen LogP contribution in [-0.2, 0) is 24.4 Å². The minimum absolute atomic E-state index is 0.0714. The van der Waals surface area contributed by atoms with Gasteiger partial charge in [-0.05, 0) is 46.9 Å². The molecule has 0 N–H and O–H groups in total. The largest absolute Gasteiger partial charge is 0.489 e. The van der Waals surface area contributed by atoms with Crippen LogP contribution < -0.4 is 14.2 Å². The molecule has 4 heteroatoms. The molecule has 0 aromatic heterocycles. The maximum Gasteiger partial charge on any atom is 0.150 e. The summed E-state index contributed by atoms with van der Waals surface area (Å²) in [6.07, 6.45) is 1.45. The summed E-state index contributed by atoms with van der Waals surface area (Å²) in [7, 11) is 0. The van der Waals surface area contributed by atoms with Gasteiger partial charge in [-0.25, -0.2) is 0 Å². The van der Waals surface area contributed by atoms with Gasteiger partial charge in [0.1, 0.15) is 36.6 Å². The highest BCUT2D eigenvalue weighted by molar-refractivity contribution is 5.44. The third-order valence-electron chi connectivity index (χ3n) is 6.27. The van der Waals surface area contributed by atoms with Crippen molar-refractivity contribution >= 4 is 0 Å². The summed E-state index contributed by atoms with van der Waals surface area (Å²) >= 11 is 0. The lowest BCUT2D eigenvalue weighted by atomic mass is 9.94. The first kappa shape index (κ1) is 24.0. The Kier molecular flexibility index (Phi) is 7.84. The zero-order valence-electron chi connectivity index (χ0n) is 20.6. The van der Waals surface area contributed by atoms with Gasteiger partial charge in [-0.2, -0.15) is 0 Å². The van der Waals surface area contributed by atoms with Gasteiger partial charge in [0, 0.05) is 19.1 Å². The van der Waals surface area contributed by atoms with Crippen molar-refractivity contribution in [2.45, 2.75) is 45.2 Å². The normalized spacial score (nSPS) is 16.6. The molecule has 0 saturated heterocycles. The molecule has 0 spiro atoms. The molecule has 4 nitrogen and oxygen atoms in total. The van der Waals surface area contributed by atoms with E-state index in [9.17, 15) is 0 Å².